The minimum atomic E-state index is 0.875. The minimum absolute atomic E-state index is 0.875. The van der Waals surface area contributed by atoms with Crippen molar-refractivity contribution in [1.82, 2.24) is 29.7 Å². The van der Waals surface area contributed by atoms with Crippen LogP contribution in [0.2, 0.25) is 0 Å². The maximum atomic E-state index is 5.30. The van der Waals surface area contributed by atoms with E-state index >= 15 is 0 Å². The van der Waals surface area contributed by atoms with Gasteiger partial charge in [-0.05, 0) is 85.0 Å². The molecule has 0 spiro atoms. The van der Waals surface area contributed by atoms with Crippen LogP contribution in [0.4, 0.5) is 11.6 Å². The molecule has 0 amide bonds. The van der Waals surface area contributed by atoms with E-state index in [4.69, 9.17) is 29.9 Å². The molecule has 284 valence electrons. The molecule has 58 heavy (non-hydrogen) atoms. The first-order valence-electron chi connectivity index (χ1n) is 20.8. The molecule has 0 bridgehead atoms. The highest BCUT2D eigenvalue weighted by Gasteiger charge is 2.29. The number of pyridine rings is 4. The van der Waals surface area contributed by atoms with Crippen molar-refractivity contribution in [3.8, 4) is 22.5 Å². The fourth-order valence-electron chi connectivity index (χ4n) is 9.39. The van der Waals surface area contributed by atoms with Crippen molar-refractivity contribution in [2.75, 3.05) is 62.2 Å². The van der Waals surface area contributed by atoms with Gasteiger partial charge in [-0.3, -0.25) is 19.8 Å². The van der Waals surface area contributed by atoms with Crippen LogP contribution in [0.25, 0.3) is 76.9 Å². The fraction of sp³-hybridized carbons (Fsp3) is 0.250. The average molecular weight is 759 g/mol. The topological polar surface area (TPSA) is 89.2 Å². The van der Waals surface area contributed by atoms with Gasteiger partial charge in [-0.2, -0.15) is 0 Å². The van der Waals surface area contributed by atoms with Crippen LogP contribution in [0.3, 0.4) is 0 Å². The standard InChI is InChI=1S/C48H42N10/c1-21-49-47-55(23-1)25-3-27-57(47)41-19-15-34-9-7-32-13-17-39(51-43(32)45(34)53-41)36-11-5-31-6-12-37(30-38(31)29-36)40-18-14-33-8-10-35-16-20-42(54-46(35)44(33)52-40)58-28-4-26-56-24-2-22-50-48(56)58/h5-20,29-30H,1-4,21-28H2. The second kappa shape index (κ2) is 13.5. The van der Waals surface area contributed by atoms with Crippen LogP contribution in [0.15, 0.2) is 119 Å². The summed E-state index contributed by atoms with van der Waals surface area (Å²) in [5, 5.41) is 6.64. The highest BCUT2D eigenvalue weighted by molar-refractivity contribution is 6.07. The van der Waals surface area contributed by atoms with Crippen molar-refractivity contribution in [3.63, 3.8) is 0 Å². The van der Waals surface area contributed by atoms with Crippen LogP contribution in [-0.4, -0.2) is 94.0 Å². The minimum Gasteiger partial charge on any atom is -0.342 e. The molecule has 8 aromatic rings. The van der Waals surface area contributed by atoms with Crippen LogP contribution in [-0.2, 0) is 0 Å². The van der Waals surface area contributed by atoms with Crippen molar-refractivity contribution in [3.05, 3.63) is 109 Å². The van der Waals surface area contributed by atoms with E-state index in [1.807, 2.05) is 0 Å². The number of anilines is 2. The predicted octanol–water partition coefficient (Wildman–Crippen LogP) is 8.91. The van der Waals surface area contributed by atoms with Gasteiger partial charge in [0.2, 0.25) is 11.9 Å². The molecule has 0 aliphatic carbocycles. The molecular weight excluding hydrogens is 717 g/mol. The zero-order valence-corrected chi connectivity index (χ0v) is 32.3. The maximum absolute atomic E-state index is 5.30. The smallest absolute Gasteiger partial charge is 0.202 e. The van der Waals surface area contributed by atoms with Crippen LogP contribution in [0, 0.1) is 0 Å². The number of hydrogen-bond acceptors (Lipinski definition) is 10. The summed E-state index contributed by atoms with van der Waals surface area (Å²) in [6.45, 7) is 7.85. The monoisotopic (exact) mass is 758 g/mol. The van der Waals surface area contributed by atoms with Gasteiger partial charge in [0, 0.05) is 85.0 Å². The van der Waals surface area contributed by atoms with Crippen LogP contribution in [0.5, 0.6) is 0 Å². The third-order valence-electron chi connectivity index (χ3n) is 12.3. The number of guanidine groups is 2. The van der Waals surface area contributed by atoms with Gasteiger partial charge in [0.15, 0.2) is 0 Å². The molecule has 12 rings (SSSR count). The maximum Gasteiger partial charge on any atom is 0.202 e. The van der Waals surface area contributed by atoms with Crippen molar-refractivity contribution in [2.45, 2.75) is 25.7 Å². The fourth-order valence-corrected chi connectivity index (χ4v) is 9.39. The van der Waals surface area contributed by atoms with Gasteiger partial charge in [-0.15, -0.1) is 0 Å². The average Bonchev–Trinajstić information content (AvgIpc) is 3.30. The Morgan fingerprint density at radius 2 is 0.741 bits per heavy atom. The van der Waals surface area contributed by atoms with Crippen LogP contribution in [0.1, 0.15) is 25.7 Å². The summed E-state index contributed by atoms with van der Waals surface area (Å²) in [6.07, 6.45) is 4.42. The number of rotatable bonds is 4. The Balaban J connectivity index is 0.907. The molecular formula is C48H42N10. The normalized spacial score (nSPS) is 17.2. The summed E-state index contributed by atoms with van der Waals surface area (Å²) in [4.78, 5) is 40.4. The van der Waals surface area contributed by atoms with Gasteiger partial charge in [0.1, 0.15) is 11.6 Å². The van der Waals surface area contributed by atoms with Gasteiger partial charge in [0.25, 0.3) is 0 Å². The highest BCUT2D eigenvalue weighted by Crippen LogP contribution is 2.34. The lowest BCUT2D eigenvalue weighted by atomic mass is 10.00. The number of hydrogen-bond donors (Lipinski definition) is 0. The predicted molar refractivity (Wildman–Crippen MR) is 237 cm³/mol. The molecule has 0 unspecified atom stereocenters. The van der Waals surface area contributed by atoms with Crippen molar-refractivity contribution >= 4 is 77.9 Å². The van der Waals surface area contributed by atoms with Gasteiger partial charge in [0.05, 0.1) is 33.5 Å². The molecule has 2 saturated heterocycles. The Kier molecular flexibility index (Phi) is 7.77. The van der Waals surface area contributed by atoms with Crippen molar-refractivity contribution in [2.24, 2.45) is 9.98 Å². The van der Waals surface area contributed by atoms with E-state index in [1.54, 1.807) is 0 Å². The number of fused-ring (bicyclic) bond motifs is 9. The number of aliphatic imine (C=N–C) groups is 2. The second-order valence-corrected chi connectivity index (χ2v) is 16.0. The van der Waals surface area contributed by atoms with Gasteiger partial charge >= 0.3 is 0 Å². The lowest BCUT2D eigenvalue weighted by Gasteiger charge is -2.40. The first-order valence-corrected chi connectivity index (χ1v) is 20.8. The molecule has 10 nitrogen and oxygen atoms in total. The van der Waals surface area contributed by atoms with Crippen molar-refractivity contribution in [1.29, 1.82) is 0 Å². The zero-order chi connectivity index (χ0) is 38.2. The number of aromatic nitrogens is 4. The largest absolute Gasteiger partial charge is 0.342 e. The summed E-state index contributed by atoms with van der Waals surface area (Å²) >= 11 is 0. The summed E-state index contributed by atoms with van der Waals surface area (Å²) in [7, 11) is 0. The first-order chi connectivity index (χ1) is 28.7. The molecule has 0 N–H and O–H groups in total. The van der Waals surface area contributed by atoms with E-state index < -0.39 is 0 Å². The Morgan fingerprint density at radius 1 is 0.345 bits per heavy atom. The summed E-state index contributed by atoms with van der Waals surface area (Å²) in [5.74, 6) is 4.00. The van der Waals surface area contributed by atoms with E-state index in [0.717, 1.165) is 173 Å². The Labute approximate surface area is 336 Å². The van der Waals surface area contributed by atoms with E-state index in [0.29, 0.717) is 0 Å². The van der Waals surface area contributed by atoms with Crippen molar-refractivity contribution < 1.29 is 0 Å². The molecule has 0 radical (unpaired) electrons. The molecule has 8 heterocycles. The Morgan fingerprint density at radius 3 is 1.22 bits per heavy atom. The molecule has 0 atom stereocenters. The molecule has 4 aromatic carbocycles. The molecule has 4 aromatic heterocycles. The van der Waals surface area contributed by atoms with Crippen LogP contribution < -0.4 is 9.80 Å². The Bertz CT molecular complexity index is 2830. The van der Waals surface area contributed by atoms with E-state index in [2.05, 4.69) is 129 Å². The molecule has 4 aliphatic rings. The lowest BCUT2D eigenvalue weighted by molar-refractivity contribution is 0.359. The van der Waals surface area contributed by atoms with E-state index in [-0.39, 0.29) is 0 Å². The SMILES string of the molecule is c1cc2ccc(-c3ccc4ccc5ccc(N6CCCN7CCCN=C76)nc5c4n3)cc2cc1-c1ccc2ccc3ccc(N4CCCN5CCCN=C54)nc3c2n1. The first kappa shape index (κ1) is 33.5. The van der Waals surface area contributed by atoms with Gasteiger partial charge < -0.3 is 9.80 Å². The quantitative estimate of drug-likeness (QED) is 0.165. The third kappa shape index (κ3) is 5.61. The Hall–Kier alpha value is -6.68. The lowest BCUT2D eigenvalue weighted by Crippen LogP contribution is -2.52. The molecule has 4 aliphatic heterocycles. The van der Waals surface area contributed by atoms with E-state index in [9.17, 15) is 0 Å². The van der Waals surface area contributed by atoms with Gasteiger partial charge in [-0.25, -0.2) is 19.9 Å². The number of benzene rings is 4. The van der Waals surface area contributed by atoms with Crippen LogP contribution >= 0.6 is 0 Å². The van der Waals surface area contributed by atoms with E-state index in [1.165, 1.54) is 5.39 Å². The molecule has 10 heteroatoms. The molecule has 2 fully saturated rings. The summed E-state index contributed by atoms with van der Waals surface area (Å²) in [6, 6.07) is 39.1. The molecule has 0 saturated carbocycles. The second-order valence-electron chi connectivity index (χ2n) is 16.0. The zero-order valence-electron chi connectivity index (χ0n) is 32.3. The van der Waals surface area contributed by atoms with Gasteiger partial charge in [-0.1, -0.05) is 60.7 Å². The highest BCUT2D eigenvalue weighted by atomic mass is 15.4. The summed E-state index contributed by atoms with van der Waals surface area (Å²) in [5.41, 5.74) is 7.66. The third-order valence-corrected chi connectivity index (χ3v) is 12.3. The summed E-state index contributed by atoms with van der Waals surface area (Å²) < 4.78 is 0. The number of nitrogens with zero attached hydrogens (tertiary/aromatic N) is 10.